The van der Waals surface area contributed by atoms with E-state index in [0.717, 1.165) is 5.69 Å². The number of aliphatic hydroxyl groups excluding tert-OH is 1. The van der Waals surface area contributed by atoms with Gasteiger partial charge in [0.25, 0.3) is 0 Å². The summed E-state index contributed by atoms with van der Waals surface area (Å²) in [6.45, 7) is 2.75. The number of aliphatic hydroxyl groups is 1. The molecule has 2 aromatic heterocycles. The number of hydrogen-bond donors (Lipinski definition) is 2. The molecule has 0 aliphatic heterocycles. The average molecular weight is 313 g/mol. The van der Waals surface area contributed by atoms with E-state index in [1.54, 1.807) is 22.2 Å². The standard InChI is InChI=1S/C17H19N3OS/c1-13(19-16-11-18-20(12-16)8-9-21)14-4-6-15(7-5-14)17-3-2-10-22-17/h2-7,10-13,19,21H,8-9H2,1H3. The molecule has 2 heterocycles. The zero-order chi connectivity index (χ0) is 15.4. The molecule has 114 valence electrons. The van der Waals surface area contributed by atoms with Crippen molar-refractivity contribution in [3.63, 3.8) is 0 Å². The van der Waals surface area contributed by atoms with Crippen LogP contribution < -0.4 is 5.32 Å². The Morgan fingerprint density at radius 2 is 2.09 bits per heavy atom. The van der Waals surface area contributed by atoms with Crippen LogP contribution in [0.1, 0.15) is 18.5 Å². The van der Waals surface area contributed by atoms with Crippen molar-refractivity contribution < 1.29 is 5.11 Å². The van der Waals surface area contributed by atoms with Gasteiger partial charge >= 0.3 is 0 Å². The quantitative estimate of drug-likeness (QED) is 0.728. The van der Waals surface area contributed by atoms with Crippen molar-refractivity contribution in [3.8, 4) is 10.4 Å². The van der Waals surface area contributed by atoms with Crippen LogP contribution >= 0.6 is 11.3 Å². The molecule has 0 bridgehead atoms. The minimum atomic E-state index is 0.0981. The summed E-state index contributed by atoms with van der Waals surface area (Å²) in [4.78, 5) is 1.29. The van der Waals surface area contributed by atoms with Crippen LogP contribution in [0.15, 0.2) is 54.2 Å². The van der Waals surface area contributed by atoms with E-state index in [1.165, 1.54) is 16.0 Å². The molecule has 0 saturated heterocycles. The van der Waals surface area contributed by atoms with Crippen molar-refractivity contribution in [2.24, 2.45) is 0 Å². The topological polar surface area (TPSA) is 50.1 Å². The number of benzene rings is 1. The summed E-state index contributed by atoms with van der Waals surface area (Å²) in [5.41, 5.74) is 3.44. The first kappa shape index (κ1) is 14.8. The van der Waals surface area contributed by atoms with Crippen molar-refractivity contribution in [3.05, 3.63) is 59.7 Å². The van der Waals surface area contributed by atoms with Gasteiger partial charge in [-0.25, -0.2) is 0 Å². The molecule has 1 aromatic carbocycles. The third-order valence-electron chi connectivity index (χ3n) is 3.56. The van der Waals surface area contributed by atoms with Gasteiger partial charge in [-0.15, -0.1) is 11.3 Å². The fourth-order valence-electron chi connectivity index (χ4n) is 2.38. The normalized spacial score (nSPS) is 12.3. The van der Waals surface area contributed by atoms with Crippen molar-refractivity contribution >= 4 is 17.0 Å². The maximum Gasteiger partial charge on any atom is 0.0731 e. The first-order valence-electron chi connectivity index (χ1n) is 7.30. The van der Waals surface area contributed by atoms with Crippen molar-refractivity contribution in [1.82, 2.24) is 9.78 Å². The number of rotatable bonds is 6. The molecule has 2 N–H and O–H groups in total. The van der Waals surface area contributed by atoms with Crippen LogP contribution in [0.4, 0.5) is 5.69 Å². The third kappa shape index (κ3) is 3.37. The largest absolute Gasteiger partial charge is 0.394 e. The average Bonchev–Trinajstić information content (AvgIpc) is 3.20. The summed E-state index contributed by atoms with van der Waals surface area (Å²) in [5.74, 6) is 0. The molecule has 5 heteroatoms. The second kappa shape index (κ2) is 6.77. The predicted molar refractivity (Wildman–Crippen MR) is 91.1 cm³/mol. The summed E-state index contributed by atoms with van der Waals surface area (Å²) >= 11 is 1.75. The highest BCUT2D eigenvalue weighted by atomic mass is 32.1. The van der Waals surface area contributed by atoms with Crippen LogP contribution in [0.3, 0.4) is 0 Å². The number of nitrogens with zero attached hydrogens (tertiary/aromatic N) is 2. The fourth-order valence-corrected chi connectivity index (χ4v) is 3.11. The number of nitrogens with one attached hydrogen (secondary N) is 1. The van der Waals surface area contributed by atoms with Gasteiger partial charge in [-0.1, -0.05) is 30.3 Å². The molecule has 0 aliphatic rings. The summed E-state index contributed by atoms with van der Waals surface area (Å²) < 4.78 is 1.73. The zero-order valence-corrected chi connectivity index (χ0v) is 13.3. The first-order chi connectivity index (χ1) is 10.8. The lowest BCUT2D eigenvalue weighted by Gasteiger charge is -2.14. The number of anilines is 1. The SMILES string of the molecule is CC(Nc1cnn(CCO)c1)c1ccc(-c2cccs2)cc1. The van der Waals surface area contributed by atoms with E-state index >= 15 is 0 Å². The van der Waals surface area contributed by atoms with Gasteiger partial charge in [0.1, 0.15) is 0 Å². The molecule has 3 aromatic rings. The molecule has 0 amide bonds. The highest BCUT2D eigenvalue weighted by Crippen LogP contribution is 2.26. The minimum absolute atomic E-state index is 0.0981. The Bertz CT molecular complexity index is 704. The van der Waals surface area contributed by atoms with E-state index < -0.39 is 0 Å². The van der Waals surface area contributed by atoms with Gasteiger partial charge in [-0.2, -0.15) is 5.10 Å². The highest BCUT2D eigenvalue weighted by Gasteiger charge is 2.07. The van der Waals surface area contributed by atoms with Gasteiger partial charge in [0, 0.05) is 17.1 Å². The van der Waals surface area contributed by atoms with E-state index in [0.29, 0.717) is 6.54 Å². The maximum atomic E-state index is 8.91. The first-order valence-corrected chi connectivity index (χ1v) is 8.18. The highest BCUT2D eigenvalue weighted by molar-refractivity contribution is 7.13. The molecule has 0 saturated carbocycles. The smallest absolute Gasteiger partial charge is 0.0731 e. The van der Waals surface area contributed by atoms with Gasteiger partial charge in [0.15, 0.2) is 0 Å². The van der Waals surface area contributed by atoms with E-state index in [4.69, 9.17) is 5.11 Å². The van der Waals surface area contributed by atoms with Gasteiger partial charge in [-0.05, 0) is 29.5 Å². The van der Waals surface area contributed by atoms with Crippen LogP contribution in [-0.4, -0.2) is 21.5 Å². The molecule has 3 rings (SSSR count). The number of aromatic nitrogens is 2. The predicted octanol–water partition coefficient (Wildman–Crippen LogP) is 3.78. The Kier molecular flexibility index (Phi) is 4.56. The van der Waals surface area contributed by atoms with Gasteiger partial charge in [-0.3, -0.25) is 4.68 Å². The summed E-state index contributed by atoms with van der Waals surface area (Å²) in [6, 6.07) is 13.0. The molecule has 0 fully saturated rings. The molecular weight excluding hydrogens is 294 g/mol. The molecule has 0 radical (unpaired) electrons. The molecule has 1 atom stereocenters. The molecule has 22 heavy (non-hydrogen) atoms. The van der Waals surface area contributed by atoms with E-state index in [2.05, 4.69) is 59.1 Å². The molecule has 4 nitrogen and oxygen atoms in total. The lowest BCUT2D eigenvalue weighted by molar-refractivity contribution is 0.269. The Morgan fingerprint density at radius 1 is 1.27 bits per heavy atom. The second-order valence-corrected chi connectivity index (χ2v) is 6.13. The van der Waals surface area contributed by atoms with Crippen molar-refractivity contribution in [2.75, 3.05) is 11.9 Å². The zero-order valence-electron chi connectivity index (χ0n) is 12.4. The van der Waals surface area contributed by atoms with Crippen molar-refractivity contribution in [1.29, 1.82) is 0 Å². The van der Waals surface area contributed by atoms with Crippen LogP contribution in [0.2, 0.25) is 0 Å². The lowest BCUT2D eigenvalue weighted by atomic mass is 10.1. The van der Waals surface area contributed by atoms with Crippen LogP contribution in [0, 0.1) is 0 Å². The number of thiophene rings is 1. The monoisotopic (exact) mass is 313 g/mol. The Morgan fingerprint density at radius 3 is 2.77 bits per heavy atom. The lowest BCUT2D eigenvalue weighted by Crippen LogP contribution is -2.06. The van der Waals surface area contributed by atoms with Crippen LogP contribution in [-0.2, 0) is 6.54 Å². The fraction of sp³-hybridized carbons (Fsp3) is 0.235. The van der Waals surface area contributed by atoms with Crippen LogP contribution in [0.25, 0.3) is 10.4 Å². The summed E-state index contributed by atoms with van der Waals surface area (Å²) in [5, 5.41) is 18.6. The second-order valence-electron chi connectivity index (χ2n) is 5.18. The number of hydrogen-bond acceptors (Lipinski definition) is 4. The van der Waals surface area contributed by atoms with E-state index in [-0.39, 0.29) is 12.6 Å². The Hall–Kier alpha value is -2.11. The minimum Gasteiger partial charge on any atom is -0.394 e. The van der Waals surface area contributed by atoms with Gasteiger partial charge < -0.3 is 10.4 Å². The van der Waals surface area contributed by atoms with Gasteiger partial charge in [0.05, 0.1) is 25.0 Å². The summed E-state index contributed by atoms with van der Waals surface area (Å²) in [6.07, 6.45) is 3.69. The van der Waals surface area contributed by atoms with E-state index in [1.807, 2.05) is 6.20 Å². The summed E-state index contributed by atoms with van der Waals surface area (Å²) in [7, 11) is 0. The maximum absolute atomic E-state index is 8.91. The Labute approximate surface area is 134 Å². The molecule has 0 aliphatic carbocycles. The molecule has 0 spiro atoms. The molecular formula is C17H19N3OS. The van der Waals surface area contributed by atoms with Gasteiger partial charge in [0.2, 0.25) is 0 Å². The van der Waals surface area contributed by atoms with Crippen molar-refractivity contribution in [2.45, 2.75) is 19.5 Å². The van der Waals surface area contributed by atoms with E-state index in [9.17, 15) is 0 Å². The molecule has 1 unspecified atom stereocenters. The Balaban J connectivity index is 1.67. The third-order valence-corrected chi connectivity index (χ3v) is 4.48. The van der Waals surface area contributed by atoms with Crippen LogP contribution in [0.5, 0.6) is 0 Å².